The van der Waals surface area contributed by atoms with E-state index in [1.807, 2.05) is 6.92 Å². The molecular formula is C10H11F2N. The summed E-state index contributed by atoms with van der Waals surface area (Å²) in [5, 5.41) is 3.01. The number of benzene rings is 1. The predicted molar refractivity (Wildman–Crippen MR) is 47.7 cm³/mol. The molecule has 0 saturated heterocycles. The molecule has 1 N–H and O–H groups in total. The lowest BCUT2D eigenvalue weighted by atomic mass is 9.95. The van der Waals surface area contributed by atoms with E-state index in [4.69, 9.17) is 0 Å². The van der Waals surface area contributed by atoms with Gasteiger partial charge in [0.1, 0.15) is 11.6 Å². The molecule has 0 fully saturated rings. The van der Waals surface area contributed by atoms with E-state index < -0.39 is 11.6 Å². The van der Waals surface area contributed by atoms with E-state index in [2.05, 4.69) is 5.32 Å². The smallest absolute Gasteiger partial charge is 0.131 e. The maximum absolute atomic E-state index is 13.2. The summed E-state index contributed by atoms with van der Waals surface area (Å²) in [6.45, 7) is 2.83. The Morgan fingerprint density at radius 3 is 2.92 bits per heavy atom. The molecule has 70 valence electrons. The molecule has 0 radical (unpaired) electrons. The summed E-state index contributed by atoms with van der Waals surface area (Å²) in [7, 11) is 0. The SMILES string of the molecule is CC1CNc2cc(F)cc(F)c2C1. The van der Waals surface area contributed by atoms with Crippen molar-refractivity contribution < 1.29 is 8.78 Å². The van der Waals surface area contributed by atoms with Gasteiger partial charge in [-0.25, -0.2) is 8.78 Å². The third-order valence-corrected chi connectivity index (χ3v) is 2.35. The van der Waals surface area contributed by atoms with Crippen molar-refractivity contribution in [1.82, 2.24) is 0 Å². The van der Waals surface area contributed by atoms with Crippen molar-refractivity contribution in [3.8, 4) is 0 Å². The summed E-state index contributed by atoms with van der Waals surface area (Å²) in [5.74, 6) is -0.542. The maximum Gasteiger partial charge on any atom is 0.131 e. The van der Waals surface area contributed by atoms with Gasteiger partial charge in [-0.2, -0.15) is 0 Å². The highest BCUT2D eigenvalue weighted by molar-refractivity contribution is 5.54. The topological polar surface area (TPSA) is 12.0 Å². The summed E-state index contributed by atoms with van der Waals surface area (Å²) >= 11 is 0. The molecule has 0 spiro atoms. The highest BCUT2D eigenvalue weighted by Gasteiger charge is 2.18. The van der Waals surface area contributed by atoms with E-state index in [0.29, 0.717) is 23.6 Å². The molecule has 0 amide bonds. The zero-order chi connectivity index (χ0) is 9.42. The van der Waals surface area contributed by atoms with E-state index in [9.17, 15) is 8.78 Å². The van der Waals surface area contributed by atoms with Gasteiger partial charge in [0.05, 0.1) is 0 Å². The average Bonchev–Trinajstić information content (AvgIpc) is 2.06. The van der Waals surface area contributed by atoms with Gasteiger partial charge in [-0.1, -0.05) is 6.92 Å². The molecule has 1 heterocycles. The summed E-state index contributed by atoms with van der Waals surface area (Å²) < 4.78 is 26.0. The number of anilines is 1. The lowest BCUT2D eigenvalue weighted by molar-refractivity contribution is 0.532. The fourth-order valence-electron chi connectivity index (χ4n) is 1.67. The van der Waals surface area contributed by atoms with Gasteiger partial charge < -0.3 is 5.32 Å². The molecule has 3 heteroatoms. The Bertz CT molecular complexity index is 336. The van der Waals surface area contributed by atoms with Gasteiger partial charge in [-0.05, 0) is 18.4 Å². The molecule has 2 rings (SSSR count). The molecule has 0 saturated carbocycles. The standard InChI is InChI=1S/C10H11F2N/c1-6-2-8-9(12)3-7(11)4-10(8)13-5-6/h3-4,6,13H,2,5H2,1H3. The zero-order valence-corrected chi connectivity index (χ0v) is 7.40. The van der Waals surface area contributed by atoms with E-state index in [1.54, 1.807) is 0 Å². The van der Waals surface area contributed by atoms with Crippen LogP contribution >= 0.6 is 0 Å². The van der Waals surface area contributed by atoms with Crippen molar-refractivity contribution in [1.29, 1.82) is 0 Å². The molecule has 1 unspecified atom stereocenters. The monoisotopic (exact) mass is 183 g/mol. The second-order valence-electron chi connectivity index (χ2n) is 3.60. The highest BCUT2D eigenvalue weighted by atomic mass is 19.1. The highest BCUT2D eigenvalue weighted by Crippen LogP contribution is 2.27. The Morgan fingerprint density at radius 1 is 1.38 bits per heavy atom. The van der Waals surface area contributed by atoms with Gasteiger partial charge in [-0.3, -0.25) is 0 Å². The van der Waals surface area contributed by atoms with E-state index in [1.165, 1.54) is 6.07 Å². The molecule has 1 aromatic rings. The normalized spacial score (nSPS) is 20.7. The second kappa shape index (κ2) is 2.98. The van der Waals surface area contributed by atoms with Gasteiger partial charge in [0.25, 0.3) is 0 Å². The number of rotatable bonds is 0. The molecule has 1 aliphatic rings. The molecule has 0 bridgehead atoms. The molecule has 1 aliphatic heterocycles. The Labute approximate surface area is 75.8 Å². The van der Waals surface area contributed by atoms with Crippen molar-refractivity contribution in [2.24, 2.45) is 5.92 Å². The first-order valence-corrected chi connectivity index (χ1v) is 4.38. The largest absolute Gasteiger partial charge is 0.384 e. The quantitative estimate of drug-likeness (QED) is 0.651. The predicted octanol–water partition coefficient (Wildman–Crippen LogP) is 2.57. The van der Waals surface area contributed by atoms with Crippen molar-refractivity contribution in [2.45, 2.75) is 13.3 Å². The fraction of sp³-hybridized carbons (Fsp3) is 0.400. The zero-order valence-electron chi connectivity index (χ0n) is 7.40. The van der Waals surface area contributed by atoms with Crippen molar-refractivity contribution in [3.63, 3.8) is 0 Å². The Morgan fingerprint density at radius 2 is 2.15 bits per heavy atom. The van der Waals surface area contributed by atoms with Crippen LogP contribution in [0.5, 0.6) is 0 Å². The summed E-state index contributed by atoms with van der Waals surface area (Å²) in [5.41, 5.74) is 1.22. The van der Waals surface area contributed by atoms with Crippen LogP contribution in [-0.2, 0) is 6.42 Å². The lowest BCUT2D eigenvalue weighted by Gasteiger charge is -2.23. The molecule has 1 atom stereocenters. The fourth-order valence-corrected chi connectivity index (χ4v) is 1.67. The second-order valence-corrected chi connectivity index (χ2v) is 3.60. The van der Waals surface area contributed by atoms with Crippen LogP contribution in [-0.4, -0.2) is 6.54 Å². The Hall–Kier alpha value is -1.12. The van der Waals surface area contributed by atoms with E-state index in [0.717, 1.165) is 12.6 Å². The van der Waals surface area contributed by atoms with Crippen LogP contribution < -0.4 is 5.32 Å². The van der Waals surface area contributed by atoms with Gasteiger partial charge in [0.15, 0.2) is 0 Å². The average molecular weight is 183 g/mol. The number of hydrogen-bond donors (Lipinski definition) is 1. The number of halogens is 2. The number of nitrogens with one attached hydrogen (secondary N) is 1. The van der Waals surface area contributed by atoms with Crippen molar-refractivity contribution >= 4 is 5.69 Å². The third-order valence-electron chi connectivity index (χ3n) is 2.35. The molecule has 0 aromatic heterocycles. The molecule has 1 nitrogen and oxygen atoms in total. The summed E-state index contributed by atoms with van der Waals surface area (Å²) in [4.78, 5) is 0. The van der Waals surface area contributed by atoms with Crippen LogP contribution in [0.2, 0.25) is 0 Å². The van der Waals surface area contributed by atoms with Crippen LogP contribution in [0.15, 0.2) is 12.1 Å². The third kappa shape index (κ3) is 1.50. The first-order chi connectivity index (χ1) is 6.16. The molecule has 0 aliphatic carbocycles. The minimum absolute atomic E-state index is 0.410. The molecule has 1 aromatic carbocycles. The minimum atomic E-state index is -0.515. The lowest BCUT2D eigenvalue weighted by Crippen LogP contribution is -2.21. The van der Waals surface area contributed by atoms with Crippen molar-refractivity contribution in [2.75, 3.05) is 11.9 Å². The van der Waals surface area contributed by atoms with Crippen molar-refractivity contribution in [3.05, 3.63) is 29.3 Å². The summed E-state index contributed by atoms with van der Waals surface area (Å²) in [6.07, 6.45) is 0.689. The van der Waals surface area contributed by atoms with Gasteiger partial charge in [0.2, 0.25) is 0 Å². The van der Waals surface area contributed by atoms with E-state index >= 15 is 0 Å². The van der Waals surface area contributed by atoms with Crippen LogP contribution in [0.3, 0.4) is 0 Å². The molecular weight excluding hydrogens is 172 g/mol. The molecule has 13 heavy (non-hydrogen) atoms. The first-order valence-electron chi connectivity index (χ1n) is 4.38. The van der Waals surface area contributed by atoms with Gasteiger partial charge >= 0.3 is 0 Å². The van der Waals surface area contributed by atoms with Crippen LogP contribution in [0.25, 0.3) is 0 Å². The van der Waals surface area contributed by atoms with Gasteiger partial charge in [-0.15, -0.1) is 0 Å². The number of hydrogen-bond acceptors (Lipinski definition) is 1. The van der Waals surface area contributed by atoms with Crippen LogP contribution in [0, 0.1) is 17.6 Å². The van der Waals surface area contributed by atoms with E-state index in [-0.39, 0.29) is 0 Å². The first kappa shape index (κ1) is 8.48. The van der Waals surface area contributed by atoms with Crippen LogP contribution in [0.4, 0.5) is 14.5 Å². The van der Waals surface area contributed by atoms with Crippen LogP contribution in [0.1, 0.15) is 12.5 Å². The Balaban J connectivity index is 2.47. The maximum atomic E-state index is 13.2. The Kier molecular flexibility index (Phi) is 1.94. The number of fused-ring (bicyclic) bond motifs is 1. The summed E-state index contributed by atoms with van der Waals surface area (Å²) in [6, 6.07) is 2.29. The van der Waals surface area contributed by atoms with Gasteiger partial charge in [0, 0.05) is 23.9 Å². The minimum Gasteiger partial charge on any atom is -0.384 e.